The topological polar surface area (TPSA) is 43.1 Å². The van der Waals surface area contributed by atoms with Crippen LogP contribution in [0.5, 0.6) is 0 Å². The van der Waals surface area contributed by atoms with Crippen molar-refractivity contribution in [2.75, 3.05) is 0 Å². The fourth-order valence-corrected chi connectivity index (χ4v) is 0.550. The molecule has 11 heavy (non-hydrogen) atoms. The Labute approximate surface area is 112 Å². The maximum absolute atomic E-state index is 10.0. The summed E-state index contributed by atoms with van der Waals surface area (Å²) in [5.41, 5.74) is 0.137. The molecule has 50 valence electrons. The van der Waals surface area contributed by atoms with Gasteiger partial charge >= 0.3 is 59.1 Å². The Kier molecular flexibility index (Phi) is 9.37. The minimum atomic E-state index is -0.417. The van der Waals surface area contributed by atoms with Gasteiger partial charge in [0.15, 0.2) is 0 Å². The molecule has 1 aromatic carbocycles. The number of nitro groups is 1. The van der Waals surface area contributed by atoms with Crippen molar-refractivity contribution in [2.24, 2.45) is 0 Å². The monoisotopic (exact) mass is 171 g/mol. The summed E-state index contributed by atoms with van der Waals surface area (Å²) in [5.74, 6) is 0. The summed E-state index contributed by atoms with van der Waals surface area (Å²) in [6, 6.07) is 7.93. The minimum absolute atomic E-state index is 0. The van der Waals surface area contributed by atoms with Gasteiger partial charge in [0, 0.05) is 12.1 Å². The summed E-state index contributed by atoms with van der Waals surface area (Å²) in [4.78, 5) is 9.59. The second-order valence-corrected chi connectivity index (χ2v) is 1.59. The molecule has 0 saturated carbocycles. The van der Waals surface area contributed by atoms with Crippen LogP contribution in [0, 0.1) is 10.1 Å². The maximum Gasteiger partial charge on any atom is 1.00 e. The molecule has 0 heterocycles. The van der Waals surface area contributed by atoms with Crippen LogP contribution in [0.3, 0.4) is 0 Å². The maximum atomic E-state index is 10.0. The number of rotatable bonds is 1. The van der Waals surface area contributed by atoms with Gasteiger partial charge in [-0.15, -0.1) is 0 Å². The third kappa shape index (κ3) is 4.95. The van der Waals surface area contributed by atoms with Crippen LogP contribution in [0.2, 0.25) is 0 Å². The molecule has 0 aliphatic carbocycles. The Balaban J connectivity index is -0.000000101. The van der Waals surface area contributed by atoms with Crippen LogP contribution >= 0.6 is 0 Å². The largest absolute Gasteiger partial charge is 1.00 e. The van der Waals surface area contributed by atoms with E-state index < -0.39 is 4.92 Å². The average molecular weight is 171 g/mol. The van der Waals surface area contributed by atoms with Crippen LogP contribution in [0.25, 0.3) is 0 Å². The van der Waals surface area contributed by atoms with Crippen molar-refractivity contribution in [3.05, 3.63) is 40.4 Å². The molecule has 0 radical (unpaired) electrons. The molecule has 0 aromatic heterocycles. The van der Waals surface area contributed by atoms with Crippen LogP contribution in [-0.2, 0) is 0 Å². The number of nitro benzene ring substituents is 1. The zero-order chi connectivity index (χ0) is 6.69. The second kappa shape index (κ2) is 7.28. The molecule has 1 rings (SSSR count). The van der Waals surface area contributed by atoms with E-state index >= 15 is 0 Å². The van der Waals surface area contributed by atoms with Crippen LogP contribution < -0.4 is 59.1 Å². The smallest absolute Gasteiger partial charge is 1.00 e. The zero-order valence-electron chi connectivity index (χ0n) is 8.65. The Bertz CT molecular complexity index is 223. The van der Waals surface area contributed by atoms with Gasteiger partial charge in [-0.2, -0.15) is 0 Å². The number of benzene rings is 1. The van der Waals surface area contributed by atoms with E-state index in [1.54, 1.807) is 18.2 Å². The van der Waals surface area contributed by atoms with Gasteiger partial charge in [-0.3, -0.25) is 10.1 Å². The van der Waals surface area contributed by atoms with E-state index in [4.69, 9.17) is 0 Å². The third-order valence-corrected chi connectivity index (χ3v) is 0.967. The van der Waals surface area contributed by atoms with Gasteiger partial charge in [0.25, 0.3) is 5.69 Å². The predicted molar refractivity (Wildman–Crippen MR) is 35.3 cm³/mol. The van der Waals surface area contributed by atoms with Gasteiger partial charge in [-0.25, -0.2) is 0 Å². The van der Waals surface area contributed by atoms with E-state index in [0.717, 1.165) is 0 Å². The summed E-state index contributed by atoms with van der Waals surface area (Å²) in [5, 5.41) is 10.0. The van der Waals surface area contributed by atoms with E-state index in [-0.39, 0.29) is 67.7 Å². The fraction of sp³-hybridized carbons (Fsp3) is 0. The van der Waals surface area contributed by atoms with Crippen molar-refractivity contribution in [3.8, 4) is 0 Å². The fourth-order valence-electron chi connectivity index (χ4n) is 0.550. The number of hydrogen-bond acceptors (Lipinski definition) is 2. The van der Waals surface area contributed by atoms with E-state index in [1.807, 2.05) is 0 Å². The van der Waals surface area contributed by atoms with Crippen molar-refractivity contribution in [3.63, 3.8) is 0 Å². The molecule has 0 spiro atoms. The van der Waals surface area contributed by atoms with Crippen LogP contribution in [0.15, 0.2) is 30.3 Å². The van der Waals surface area contributed by atoms with Crippen molar-refractivity contribution in [1.82, 2.24) is 0 Å². The Morgan fingerprint density at radius 2 is 1.64 bits per heavy atom. The molecule has 0 unspecified atom stereocenters. The number of non-ortho nitro benzene ring substituents is 1. The quantitative estimate of drug-likeness (QED) is 0.244. The predicted octanol–water partition coefficient (Wildman–Crippen LogP) is -4.17. The average Bonchev–Trinajstić information content (AvgIpc) is 1.90. The summed E-state index contributed by atoms with van der Waals surface area (Å²) in [6.45, 7) is 0. The number of nitrogens with zero attached hydrogens (tertiary/aromatic N) is 1. The van der Waals surface area contributed by atoms with Crippen LogP contribution in [-0.4, -0.2) is 4.92 Å². The van der Waals surface area contributed by atoms with Crippen LogP contribution in [0.1, 0.15) is 2.85 Å². The van der Waals surface area contributed by atoms with Gasteiger partial charge in [0.2, 0.25) is 0 Å². The zero-order valence-corrected chi connectivity index (χ0v) is 10.7. The standard InChI is InChI=1S/C6H5NO2.2Na.2H/c8-7(9)6-4-2-1-3-5-6;;;;/h1-5H;;;;/q;2*+1;2*-1. The minimum Gasteiger partial charge on any atom is -1.00 e. The molecule has 1 aromatic rings. The first kappa shape index (κ1) is 14.2. The number of hydrogen-bond donors (Lipinski definition) is 0. The molecule has 0 fully saturated rings. The molecule has 0 saturated heterocycles. The Morgan fingerprint density at radius 1 is 1.18 bits per heavy atom. The van der Waals surface area contributed by atoms with E-state index in [0.29, 0.717) is 0 Å². The van der Waals surface area contributed by atoms with Gasteiger partial charge in [0.1, 0.15) is 0 Å². The first-order valence-corrected chi connectivity index (χ1v) is 2.50. The summed E-state index contributed by atoms with van der Waals surface area (Å²) < 4.78 is 0. The third-order valence-electron chi connectivity index (χ3n) is 0.967. The van der Waals surface area contributed by atoms with E-state index in [2.05, 4.69) is 0 Å². The molecule has 3 nitrogen and oxygen atoms in total. The summed E-state index contributed by atoms with van der Waals surface area (Å²) in [7, 11) is 0. The molecule has 0 amide bonds. The van der Waals surface area contributed by atoms with Gasteiger partial charge in [0.05, 0.1) is 4.92 Å². The first-order valence-electron chi connectivity index (χ1n) is 2.50. The number of para-hydroxylation sites is 1. The SMILES string of the molecule is O=[N+]([O-])c1ccccc1.[H-].[H-].[Na+].[Na+]. The molecule has 0 bridgehead atoms. The van der Waals surface area contributed by atoms with E-state index in [1.165, 1.54) is 12.1 Å². The molecular formula is C6H7NNa2O2. The normalized spacial score (nSPS) is 7.27. The van der Waals surface area contributed by atoms with Crippen molar-refractivity contribution in [1.29, 1.82) is 0 Å². The van der Waals surface area contributed by atoms with Gasteiger partial charge in [-0.1, -0.05) is 18.2 Å². The van der Waals surface area contributed by atoms with E-state index in [9.17, 15) is 10.1 Å². The molecule has 0 aliphatic heterocycles. The van der Waals surface area contributed by atoms with Crippen molar-refractivity contribution >= 4 is 5.69 Å². The van der Waals surface area contributed by atoms with Gasteiger partial charge in [-0.05, 0) is 0 Å². The molecule has 0 N–H and O–H groups in total. The Hall–Kier alpha value is 0.620. The molecule has 5 heteroatoms. The van der Waals surface area contributed by atoms with Crippen molar-refractivity contribution < 1.29 is 66.9 Å². The molecule has 0 aliphatic rings. The Morgan fingerprint density at radius 3 is 1.91 bits per heavy atom. The van der Waals surface area contributed by atoms with Gasteiger partial charge < -0.3 is 2.85 Å². The first-order chi connectivity index (χ1) is 4.30. The van der Waals surface area contributed by atoms with Crippen molar-refractivity contribution in [2.45, 2.75) is 0 Å². The van der Waals surface area contributed by atoms with Crippen LogP contribution in [0.4, 0.5) is 5.69 Å². The summed E-state index contributed by atoms with van der Waals surface area (Å²) >= 11 is 0. The molecular weight excluding hydrogens is 164 g/mol. The summed E-state index contributed by atoms with van der Waals surface area (Å²) in [6.07, 6.45) is 0. The second-order valence-electron chi connectivity index (χ2n) is 1.59. The molecule has 0 atom stereocenters.